The van der Waals surface area contributed by atoms with Gasteiger partial charge in [0.1, 0.15) is 0 Å². The first-order valence-corrected chi connectivity index (χ1v) is 6.13. The molecule has 0 saturated heterocycles. The van der Waals surface area contributed by atoms with E-state index in [0.717, 1.165) is 0 Å². The van der Waals surface area contributed by atoms with Crippen molar-refractivity contribution in [2.24, 2.45) is 0 Å². The van der Waals surface area contributed by atoms with E-state index in [2.05, 4.69) is 20.1 Å². The first kappa shape index (κ1) is 14.7. The second kappa shape index (κ2) is 11.8. The van der Waals surface area contributed by atoms with Crippen LogP contribution < -0.4 is 0 Å². The second-order valence-electron chi connectivity index (χ2n) is 3.75. The lowest BCUT2D eigenvalue weighted by Gasteiger charge is -1.91. The van der Waals surface area contributed by atoms with Crippen LogP contribution in [0.25, 0.3) is 6.08 Å². The van der Waals surface area contributed by atoms with Crippen molar-refractivity contribution in [1.29, 1.82) is 0 Å². The van der Waals surface area contributed by atoms with Gasteiger partial charge in [-0.25, -0.2) is 0 Å². The minimum atomic E-state index is 1.17. The standard InChI is InChI=1S/C8H8.C8H16/c1-2-8-6-4-3-5-7-8;1-3-5-7-8-6-4-2/h2-7H,1H2;3H,1,4-8H2,2H3. The molecule has 0 aliphatic carbocycles. The zero-order chi connectivity index (χ0) is 12.1. The monoisotopic (exact) mass is 216 g/mol. The Balaban J connectivity index is 0.000000281. The summed E-state index contributed by atoms with van der Waals surface area (Å²) in [7, 11) is 0. The molecule has 0 saturated carbocycles. The fraction of sp³-hybridized carbons (Fsp3) is 0.375. The Morgan fingerprint density at radius 2 is 1.69 bits per heavy atom. The minimum Gasteiger partial charge on any atom is -0.103 e. The lowest BCUT2D eigenvalue weighted by atomic mass is 10.2. The summed E-state index contributed by atoms with van der Waals surface area (Å²) in [6.45, 7) is 9.52. The van der Waals surface area contributed by atoms with E-state index in [1.807, 2.05) is 42.5 Å². The molecule has 0 heteroatoms. The van der Waals surface area contributed by atoms with E-state index >= 15 is 0 Å². The Kier molecular flexibility index (Phi) is 10.8. The smallest absolute Gasteiger partial charge is 0.0263 e. The first-order chi connectivity index (χ1) is 7.85. The molecule has 1 rings (SSSR count). The Labute approximate surface area is 101 Å². The number of hydrogen-bond acceptors (Lipinski definition) is 0. The third-order valence-electron chi connectivity index (χ3n) is 2.30. The fourth-order valence-corrected chi connectivity index (χ4v) is 1.30. The maximum atomic E-state index is 3.66. The van der Waals surface area contributed by atoms with Gasteiger partial charge < -0.3 is 0 Å². The van der Waals surface area contributed by atoms with Crippen LogP contribution >= 0.6 is 0 Å². The van der Waals surface area contributed by atoms with Gasteiger partial charge in [-0.05, 0) is 18.4 Å². The van der Waals surface area contributed by atoms with Crippen LogP contribution in [0.2, 0.25) is 0 Å². The number of benzene rings is 1. The molecule has 0 atom stereocenters. The third kappa shape index (κ3) is 9.26. The summed E-state index contributed by atoms with van der Waals surface area (Å²) < 4.78 is 0. The van der Waals surface area contributed by atoms with Gasteiger partial charge in [0.05, 0.1) is 0 Å². The largest absolute Gasteiger partial charge is 0.103 e. The van der Waals surface area contributed by atoms with Gasteiger partial charge in [-0.15, -0.1) is 6.58 Å². The summed E-state index contributed by atoms with van der Waals surface area (Å²) in [6.07, 6.45) is 10.4. The van der Waals surface area contributed by atoms with Crippen LogP contribution in [0.5, 0.6) is 0 Å². The van der Waals surface area contributed by atoms with Gasteiger partial charge in [-0.1, -0.05) is 75.2 Å². The molecule has 0 spiro atoms. The van der Waals surface area contributed by atoms with E-state index < -0.39 is 0 Å². The molecule has 88 valence electrons. The molecule has 16 heavy (non-hydrogen) atoms. The fourth-order valence-electron chi connectivity index (χ4n) is 1.30. The van der Waals surface area contributed by atoms with Gasteiger partial charge >= 0.3 is 0 Å². The third-order valence-corrected chi connectivity index (χ3v) is 2.30. The summed E-state index contributed by atoms with van der Waals surface area (Å²) in [4.78, 5) is 0. The molecule has 1 aromatic carbocycles. The average Bonchev–Trinajstić information content (AvgIpc) is 2.36. The van der Waals surface area contributed by atoms with Crippen molar-refractivity contribution in [1.82, 2.24) is 0 Å². The van der Waals surface area contributed by atoms with Crippen molar-refractivity contribution < 1.29 is 0 Å². The van der Waals surface area contributed by atoms with Crippen LogP contribution in [0, 0.1) is 0 Å². The molecule has 0 unspecified atom stereocenters. The summed E-state index contributed by atoms with van der Waals surface area (Å²) in [6, 6.07) is 10.0. The highest BCUT2D eigenvalue weighted by Crippen LogP contribution is 2.01. The van der Waals surface area contributed by atoms with Gasteiger partial charge in [0, 0.05) is 0 Å². The quantitative estimate of drug-likeness (QED) is 0.437. The van der Waals surface area contributed by atoms with Gasteiger partial charge in [-0.3, -0.25) is 0 Å². The second-order valence-corrected chi connectivity index (χ2v) is 3.75. The lowest BCUT2D eigenvalue weighted by molar-refractivity contribution is 0.675. The van der Waals surface area contributed by atoms with Crippen LogP contribution in [0.3, 0.4) is 0 Å². The number of hydrogen-bond donors (Lipinski definition) is 0. The van der Waals surface area contributed by atoms with E-state index in [1.54, 1.807) is 0 Å². The van der Waals surface area contributed by atoms with Crippen molar-refractivity contribution >= 4 is 6.08 Å². The van der Waals surface area contributed by atoms with Crippen LogP contribution in [0.4, 0.5) is 0 Å². The molecule has 0 aliphatic heterocycles. The normalized spacial score (nSPS) is 8.81. The topological polar surface area (TPSA) is 0 Å². The molecule has 0 aliphatic rings. The van der Waals surface area contributed by atoms with Gasteiger partial charge in [0.25, 0.3) is 0 Å². The van der Waals surface area contributed by atoms with Gasteiger partial charge in [-0.2, -0.15) is 0 Å². The SMILES string of the molecule is C=CCCCCCC.C=Cc1ccccc1. The Morgan fingerprint density at radius 1 is 1.00 bits per heavy atom. The van der Waals surface area contributed by atoms with E-state index in [1.165, 1.54) is 37.7 Å². The predicted molar refractivity (Wildman–Crippen MR) is 75.5 cm³/mol. The molecular weight excluding hydrogens is 192 g/mol. The highest BCUT2D eigenvalue weighted by molar-refractivity contribution is 5.45. The van der Waals surface area contributed by atoms with Crippen LogP contribution in [0.1, 0.15) is 44.6 Å². The van der Waals surface area contributed by atoms with E-state index in [9.17, 15) is 0 Å². The maximum Gasteiger partial charge on any atom is -0.0263 e. The summed E-state index contributed by atoms with van der Waals surface area (Å²) >= 11 is 0. The molecular formula is C16H24. The van der Waals surface area contributed by atoms with E-state index in [-0.39, 0.29) is 0 Å². The van der Waals surface area contributed by atoms with E-state index in [0.29, 0.717) is 0 Å². The van der Waals surface area contributed by atoms with E-state index in [4.69, 9.17) is 0 Å². The zero-order valence-electron chi connectivity index (χ0n) is 10.5. The molecule has 0 bridgehead atoms. The maximum absolute atomic E-state index is 3.66. The van der Waals surface area contributed by atoms with Crippen LogP contribution in [0.15, 0.2) is 49.6 Å². The molecule has 0 radical (unpaired) electrons. The predicted octanol–water partition coefficient (Wildman–Crippen LogP) is 5.47. The van der Waals surface area contributed by atoms with Gasteiger partial charge in [0.15, 0.2) is 0 Å². The number of unbranched alkanes of at least 4 members (excludes halogenated alkanes) is 4. The Bertz CT molecular complexity index is 259. The lowest BCUT2D eigenvalue weighted by Crippen LogP contribution is -1.71. The van der Waals surface area contributed by atoms with Crippen LogP contribution in [-0.4, -0.2) is 0 Å². The summed E-state index contributed by atoms with van der Waals surface area (Å²) in [5, 5.41) is 0. The van der Waals surface area contributed by atoms with Crippen molar-refractivity contribution in [3.05, 3.63) is 55.1 Å². The molecule has 0 amide bonds. The molecule has 0 fully saturated rings. The van der Waals surface area contributed by atoms with Crippen molar-refractivity contribution in [2.45, 2.75) is 39.0 Å². The minimum absolute atomic E-state index is 1.17. The zero-order valence-corrected chi connectivity index (χ0v) is 10.5. The highest BCUT2D eigenvalue weighted by Gasteiger charge is 1.81. The molecule has 0 aromatic heterocycles. The molecule has 0 N–H and O–H groups in total. The molecule has 1 aromatic rings. The van der Waals surface area contributed by atoms with Crippen molar-refractivity contribution in [3.8, 4) is 0 Å². The number of rotatable bonds is 6. The van der Waals surface area contributed by atoms with Crippen molar-refractivity contribution in [2.75, 3.05) is 0 Å². The Hall–Kier alpha value is -1.30. The molecule has 0 heterocycles. The van der Waals surface area contributed by atoms with Gasteiger partial charge in [0.2, 0.25) is 0 Å². The Morgan fingerprint density at radius 3 is 2.12 bits per heavy atom. The van der Waals surface area contributed by atoms with Crippen molar-refractivity contribution in [3.63, 3.8) is 0 Å². The average molecular weight is 216 g/mol. The first-order valence-electron chi connectivity index (χ1n) is 6.13. The summed E-state index contributed by atoms with van der Waals surface area (Å²) in [5.41, 5.74) is 1.17. The molecule has 0 nitrogen and oxygen atoms in total. The summed E-state index contributed by atoms with van der Waals surface area (Å²) in [5.74, 6) is 0. The highest BCUT2D eigenvalue weighted by atomic mass is 13.9. The number of allylic oxidation sites excluding steroid dienone is 1. The van der Waals surface area contributed by atoms with Crippen LogP contribution in [-0.2, 0) is 0 Å².